The molecule has 6 nitrogen and oxygen atoms in total. The number of aromatic nitrogens is 2. The zero-order valence-corrected chi connectivity index (χ0v) is 11.2. The van der Waals surface area contributed by atoms with Crippen molar-refractivity contribution in [2.24, 2.45) is 0 Å². The van der Waals surface area contributed by atoms with E-state index in [1.807, 2.05) is 6.92 Å². The Morgan fingerprint density at radius 2 is 2.20 bits per heavy atom. The highest BCUT2D eigenvalue weighted by Crippen LogP contribution is 2.20. The van der Waals surface area contributed by atoms with E-state index in [-0.39, 0.29) is 18.2 Å². The summed E-state index contributed by atoms with van der Waals surface area (Å²) in [6.45, 7) is 2.26. The molecule has 106 valence electrons. The second kappa shape index (κ2) is 6.21. The minimum Gasteiger partial charge on any atom is -0.508 e. The van der Waals surface area contributed by atoms with Crippen LogP contribution in [0.25, 0.3) is 0 Å². The summed E-state index contributed by atoms with van der Waals surface area (Å²) in [5.74, 6) is 0.942. The molecule has 2 aromatic rings. The SMILES string of the molecule is CCc1cnc(N)nc1NCC(O)c1cccc(O)c1. The number of aliphatic hydroxyl groups is 1. The molecule has 0 saturated carbocycles. The number of hydrogen-bond acceptors (Lipinski definition) is 6. The number of phenols is 1. The van der Waals surface area contributed by atoms with Crippen molar-refractivity contribution in [3.05, 3.63) is 41.6 Å². The Morgan fingerprint density at radius 1 is 1.40 bits per heavy atom. The third-order valence-electron chi connectivity index (χ3n) is 2.98. The Kier molecular flexibility index (Phi) is 4.37. The van der Waals surface area contributed by atoms with Crippen LogP contribution in [-0.4, -0.2) is 26.7 Å². The van der Waals surface area contributed by atoms with E-state index in [2.05, 4.69) is 15.3 Å². The molecular formula is C14H18N4O2. The summed E-state index contributed by atoms with van der Waals surface area (Å²) in [5, 5.41) is 22.5. The summed E-state index contributed by atoms with van der Waals surface area (Å²) in [7, 11) is 0. The molecule has 0 spiro atoms. The lowest BCUT2D eigenvalue weighted by molar-refractivity contribution is 0.191. The molecule has 6 heteroatoms. The smallest absolute Gasteiger partial charge is 0.221 e. The van der Waals surface area contributed by atoms with Crippen molar-refractivity contribution >= 4 is 11.8 Å². The fraction of sp³-hybridized carbons (Fsp3) is 0.286. The lowest BCUT2D eigenvalue weighted by Gasteiger charge is -2.14. The second-order valence-electron chi connectivity index (χ2n) is 4.45. The maximum absolute atomic E-state index is 10.1. The van der Waals surface area contributed by atoms with Gasteiger partial charge in [0.1, 0.15) is 11.6 Å². The van der Waals surface area contributed by atoms with Crippen molar-refractivity contribution in [2.45, 2.75) is 19.4 Å². The standard InChI is InChI=1S/C14H18N4O2/c1-2-9-7-17-14(15)18-13(9)16-8-12(20)10-4-3-5-11(19)6-10/h3-7,12,19-20H,2,8H2,1H3,(H3,15,16,17,18). The summed E-state index contributed by atoms with van der Waals surface area (Å²) in [6.07, 6.45) is 1.69. The highest BCUT2D eigenvalue weighted by atomic mass is 16.3. The van der Waals surface area contributed by atoms with Gasteiger partial charge in [-0.25, -0.2) is 4.98 Å². The zero-order chi connectivity index (χ0) is 14.5. The predicted octanol–water partition coefficient (Wildman–Crippen LogP) is 1.47. The molecule has 5 N–H and O–H groups in total. The van der Waals surface area contributed by atoms with Crippen molar-refractivity contribution in [1.82, 2.24) is 9.97 Å². The van der Waals surface area contributed by atoms with Gasteiger partial charge in [0.05, 0.1) is 6.10 Å². The summed E-state index contributed by atoms with van der Waals surface area (Å²) < 4.78 is 0. The minimum atomic E-state index is -0.747. The van der Waals surface area contributed by atoms with Crippen LogP contribution in [0, 0.1) is 0 Å². The molecule has 1 unspecified atom stereocenters. The Balaban J connectivity index is 2.06. The fourth-order valence-electron chi connectivity index (χ4n) is 1.88. The van der Waals surface area contributed by atoms with Gasteiger partial charge in [0, 0.05) is 18.3 Å². The van der Waals surface area contributed by atoms with Crippen LogP contribution in [0.4, 0.5) is 11.8 Å². The number of aryl methyl sites for hydroxylation is 1. The maximum Gasteiger partial charge on any atom is 0.221 e. The van der Waals surface area contributed by atoms with E-state index in [0.29, 0.717) is 11.4 Å². The molecule has 1 atom stereocenters. The highest BCUT2D eigenvalue weighted by molar-refractivity contribution is 5.46. The van der Waals surface area contributed by atoms with Crippen molar-refractivity contribution in [3.63, 3.8) is 0 Å². The van der Waals surface area contributed by atoms with Crippen molar-refractivity contribution < 1.29 is 10.2 Å². The fourth-order valence-corrected chi connectivity index (χ4v) is 1.88. The Bertz CT molecular complexity index is 589. The van der Waals surface area contributed by atoms with Crippen molar-refractivity contribution in [2.75, 3.05) is 17.6 Å². The lowest BCUT2D eigenvalue weighted by atomic mass is 10.1. The van der Waals surface area contributed by atoms with Gasteiger partial charge in [-0.05, 0) is 24.1 Å². The zero-order valence-electron chi connectivity index (χ0n) is 11.2. The van der Waals surface area contributed by atoms with E-state index in [1.165, 1.54) is 6.07 Å². The number of nitrogen functional groups attached to an aromatic ring is 1. The molecule has 0 bridgehead atoms. The molecule has 1 aromatic carbocycles. The Labute approximate surface area is 117 Å². The summed E-state index contributed by atoms with van der Waals surface area (Å²) >= 11 is 0. The molecule has 0 aliphatic heterocycles. The number of hydrogen-bond donors (Lipinski definition) is 4. The minimum absolute atomic E-state index is 0.127. The van der Waals surface area contributed by atoms with Gasteiger partial charge >= 0.3 is 0 Å². The molecule has 20 heavy (non-hydrogen) atoms. The van der Waals surface area contributed by atoms with Crippen LogP contribution in [0.1, 0.15) is 24.2 Å². The molecule has 1 aromatic heterocycles. The monoisotopic (exact) mass is 274 g/mol. The normalized spacial score (nSPS) is 12.1. The molecule has 0 amide bonds. The number of nitrogens with zero attached hydrogens (tertiary/aromatic N) is 2. The number of aliphatic hydroxyl groups excluding tert-OH is 1. The number of aromatic hydroxyl groups is 1. The van der Waals surface area contributed by atoms with Crippen LogP contribution in [0.15, 0.2) is 30.5 Å². The molecule has 0 saturated heterocycles. The number of anilines is 2. The molecule has 2 rings (SSSR count). The van der Waals surface area contributed by atoms with Gasteiger partial charge in [-0.2, -0.15) is 4.98 Å². The van der Waals surface area contributed by atoms with Gasteiger partial charge in [-0.15, -0.1) is 0 Å². The van der Waals surface area contributed by atoms with E-state index in [4.69, 9.17) is 5.73 Å². The number of nitrogens with two attached hydrogens (primary N) is 1. The van der Waals surface area contributed by atoms with E-state index in [9.17, 15) is 10.2 Å². The Hall–Kier alpha value is -2.34. The van der Waals surface area contributed by atoms with E-state index in [1.54, 1.807) is 24.4 Å². The van der Waals surface area contributed by atoms with Crippen LogP contribution >= 0.6 is 0 Å². The maximum atomic E-state index is 10.1. The van der Waals surface area contributed by atoms with Gasteiger partial charge < -0.3 is 21.3 Å². The van der Waals surface area contributed by atoms with Crippen molar-refractivity contribution in [1.29, 1.82) is 0 Å². The van der Waals surface area contributed by atoms with Crippen LogP contribution in [-0.2, 0) is 6.42 Å². The first kappa shape index (κ1) is 14.1. The second-order valence-corrected chi connectivity index (χ2v) is 4.45. The average Bonchev–Trinajstić information content (AvgIpc) is 2.45. The number of phenolic OH excluding ortho intramolecular Hbond substituents is 1. The average molecular weight is 274 g/mol. The van der Waals surface area contributed by atoms with Crippen LogP contribution < -0.4 is 11.1 Å². The molecule has 0 aliphatic rings. The summed E-state index contributed by atoms with van der Waals surface area (Å²) in [5.41, 5.74) is 7.13. The van der Waals surface area contributed by atoms with Gasteiger partial charge in [0.25, 0.3) is 0 Å². The molecule has 0 fully saturated rings. The van der Waals surface area contributed by atoms with E-state index >= 15 is 0 Å². The quantitative estimate of drug-likeness (QED) is 0.658. The molecular weight excluding hydrogens is 256 g/mol. The molecule has 1 heterocycles. The predicted molar refractivity (Wildman–Crippen MR) is 77.4 cm³/mol. The van der Waals surface area contributed by atoms with Gasteiger partial charge in [0.2, 0.25) is 5.95 Å². The first-order valence-corrected chi connectivity index (χ1v) is 6.42. The third kappa shape index (κ3) is 3.36. The van der Waals surface area contributed by atoms with Crippen LogP contribution in [0.3, 0.4) is 0 Å². The van der Waals surface area contributed by atoms with Crippen molar-refractivity contribution in [3.8, 4) is 5.75 Å². The highest BCUT2D eigenvalue weighted by Gasteiger charge is 2.10. The van der Waals surface area contributed by atoms with E-state index in [0.717, 1.165) is 12.0 Å². The first-order chi connectivity index (χ1) is 9.60. The first-order valence-electron chi connectivity index (χ1n) is 6.42. The number of benzene rings is 1. The third-order valence-corrected chi connectivity index (χ3v) is 2.98. The number of rotatable bonds is 5. The Morgan fingerprint density at radius 3 is 2.90 bits per heavy atom. The number of nitrogens with one attached hydrogen (secondary N) is 1. The largest absolute Gasteiger partial charge is 0.508 e. The lowest BCUT2D eigenvalue weighted by Crippen LogP contribution is -2.15. The van der Waals surface area contributed by atoms with E-state index < -0.39 is 6.10 Å². The van der Waals surface area contributed by atoms with Crippen LogP contribution in [0.5, 0.6) is 5.75 Å². The molecule has 0 aliphatic carbocycles. The van der Waals surface area contributed by atoms with Crippen LogP contribution in [0.2, 0.25) is 0 Å². The molecule has 0 radical (unpaired) electrons. The summed E-state index contributed by atoms with van der Waals surface area (Å²) in [4.78, 5) is 8.06. The van der Waals surface area contributed by atoms with Gasteiger partial charge in [0.15, 0.2) is 0 Å². The topological polar surface area (TPSA) is 104 Å². The van der Waals surface area contributed by atoms with Gasteiger partial charge in [-0.1, -0.05) is 19.1 Å². The van der Waals surface area contributed by atoms with Gasteiger partial charge in [-0.3, -0.25) is 0 Å². The summed E-state index contributed by atoms with van der Waals surface area (Å²) in [6, 6.07) is 6.53.